The van der Waals surface area contributed by atoms with E-state index in [0.29, 0.717) is 29.4 Å². The molecule has 2 amide bonds. The van der Waals surface area contributed by atoms with E-state index in [4.69, 9.17) is 49.6 Å². The molecule has 1 saturated heterocycles. The molecule has 0 aromatic heterocycles. The van der Waals surface area contributed by atoms with Crippen LogP contribution in [-0.2, 0) is 16.2 Å². The predicted molar refractivity (Wildman–Crippen MR) is 149 cm³/mol. The lowest BCUT2D eigenvalue weighted by Gasteiger charge is -2.29. The second kappa shape index (κ2) is 10.3. The lowest BCUT2D eigenvalue weighted by molar-refractivity contribution is -0.122. The van der Waals surface area contributed by atoms with Crippen molar-refractivity contribution < 1.29 is 23.8 Å². The molecule has 1 N–H and O–H groups in total. The third-order valence-corrected chi connectivity index (χ3v) is 7.31. The zero-order valence-corrected chi connectivity index (χ0v) is 22.7. The second-order valence-corrected chi connectivity index (χ2v) is 10.0. The van der Waals surface area contributed by atoms with Crippen LogP contribution >= 0.6 is 58.0 Å². The number of halogens is 3. The summed E-state index contributed by atoms with van der Waals surface area (Å²) in [5.74, 6) is 0.853. The van der Waals surface area contributed by atoms with Gasteiger partial charge in [0.15, 0.2) is 16.6 Å². The summed E-state index contributed by atoms with van der Waals surface area (Å²) in [5, 5.41) is 2.88. The number of hydrogen-bond donors (Lipinski definition) is 1. The predicted octanol–water partition coefficient (Wildman–Crippen LogP) is 5.74. The van der Waals surface area contributed by atoms with Gasteiger partial charge in [-0.2, -0.15) is 0 Å². The van der Waals surface area contributed by atoms with Crippen molar-refractivity contribution in [1.29, 1.82) is 0 Å². The molecule has 0 spiro atoms. The van der Waals surface area contributed by atoms with Gasteiger partial charge in [-0.05, 0) is 88.4 Å². The van der Waals surface area contributed by atoms with Crippen LogP contribution in [0.15, 0.2) is 60.2 Å². The average Bonchev–Trinajstić information content (AvgIpc) is 3.32. The fourth-order valence-corrected chi connectivity index (χ4v) is 4.97. The van der Waals surface area contributed by atoms with Gasteiger partial charge in [0.05, 0.1) is 19.3 Å². The molecule has 5 rings (SSSR count). The highest BCUT2D eigenvalue weighted by molar-refractivity contribution is 14.1. The monoisotopic (exact) mass is 652 g/mol. The van der Waals surface area contributed by atoms with Crippen molar-refractivity contribution in [3.63, 3.8) is 0 Å². The van der Waals surface area contributed by atoms with Crippen molar-refractivity contribution in [2.45, 2.75) is 6.61 Å². The van der Waals surface area contributed by atoms with Crippen molar-refractivity contribution in [2.75, 3.05) is 11.7 Å². The Morgan fingerprint density at radius 3 is 2.69 bits per heavy atom. The number of hydrogen-bond acceptors (Lipinski definition) is 6. The minimum atomic E-state index is -0.606. The fourth-order valence-electron chi connectivity index (χ4n) is 3.62. The van der Waals surface area contributed by atoms with E-state index in [2.05, 4.69) is 27.9 Å². The fraction of sp³-hybridized carbons (Fsp3) is 0.0800. The largest absolute Gasteiger partial charge is 0.488 e. The minimum Gasteiger partial charge on any atom is -0.488 e. The summed E-state index contributed by atoms with van der Waals surface area (Å²) in [6.07, 6.45) is 1.49. The number of nitrogens with one attached hydrogen (secondary N) is 1. The highest BCUT2D eigenvalue weighted by atomic mass is 127. The van der Waals surface area contributed by atoms with Crippen LogP contribution < -0.4 is 24.4 Å². The third-order valence-electron chi connectivity index (χ3n) is 5.37. The summed E-state index contributed by atoms with van der Waals surface area (Å²) >= 11 is 19.8. The van der Waals surface area contributed by atoms with Crippen molar-refractivity contribution in [2.24, 2.45) is 0 Å². The Hall–Kier alpha value is -2.86. The van der Waals surface area contributed by atoms with Crippen LogP contribution in [0.4, 0.5) is 5.69 Å². The number of amides is 2. The maximum Gasteiger partial charge on any atom is 0.270 e. The van der Waals surface area contributed by atoms with E-state index in [1.165, 1.54) is 6.08 Å². The SMILES string of the molecule is O=C1NC(=S)N(c2cccc(Cl)c2Cl)C(=O)/C1=C/c1ccc(OCc2ccc3c(c2)OCO3)c(I)c1. The summed E-state index contributed by atoms with van der Waals surface area (Å²) in [6.45, 7) is 0.547. The highest BCUT2D eigenvalue weighted by Gasteiger charge is 2.35. The molecule has 11 heteroatoms. The van der Waals surface area contributed by atoms with Crippen molar-refractivity contribution in [3.05, 3.63) is 84.9 Å². The van der Waals surface area contributed by atoms with Crippen molar-refractivity contribution in [1.82, 2.24) is 5.32 Å². The van der Waals surface area contributed by atoms with Gasteiger partial charge in [-0.25, -0.2) is 0 Å². The first-order valence-electron chi connectivity index (χ1n) is 10.5. The van der Waals surface area contributed by atoms with E-state index in [0.717, 1.165) is 14.0 Å². The normalized spacial score (nSPS) is 15.9. The van der Waals surface area contributed by atoms with Gasteiger partial charge in [0.25, 0.3) is 11.8 Å². The Bertz CT molecular complexity index is 1460. The summed E-state index contributed by atoms with van der Waals surface area (Å²) in [7, 11) is 0. The van der Waals surface area contributed by atoms with Crippen LogP contribution in [0.3, 0.4) is 0 Å². The first-order valence-corrected chi connectivity index (χ1v) is 12.7. The molecule has 2 aliphatic rings. The molecule has 7 nitrogen and oxygen atoms in total. The van der Waals surface area contributed by atoms with Gasteiger partial charge in [-0.15, -0.1) is 0 Å². The molecule has 2 aliphatic heterocycles. The molecule has 3 aromatic carbocycles. The number of rotatable bonds is 5. The standard InChI is InChI=1S/C25H15Cl2IN2O5S/c26-16-2-1-3-18(22(16)27)30-24(32)15(23(31)29-25(30)36)8-13-4-6-19(17(28)9-13)33-11-14-5-7-20-21(10-14)35-12-34-20/h1-10H,11-12H2,(H,29,31,36)/b15-8+. The van der Waals surface area contributed by atoms with Crippen LogP contribution in [-0.4, -0.2) is 23.7 Å². The van der Waals surface area contributed by atoms with Gasteiger partial charge in [0, 0.05) is 0 Å². The Kier molecular flexibility index (Phi) is 7.07. The summed E-state index contributed by atoms with van der Waals surface area (Å²) in [5.41, 5.74) is 1.76. The number of anilines is 1. The van der Waals surface area contributed by atoms with Crippen LogP contribution in [0.2, 0.25) is 10.0 Å². The number of thiocarbonyl (C=S) groups is 1. The Labute approximate surface area is 235 Å². The lowest BCUT2D eigenvalue weighted by Crippen LogP contribution is -2.54. The van der Waals surface area contributed by atoms with Crippen LogP contribution in [0.1, 0.15) is 11.1 Å². The molecule has 0 bridgehead atoms. The smallest absolute Gasteiger partial charge is 0.270 e. The zero-order valence-electron chi connectivity index (χ0n) is 18.2. The third kappa shape index (κ3) is 4.88. The van der Waals surface area contributed by atoms with Crippen LogP contribution in [0.5, 0.6) is 17.2 Å². The highest BCUT2D eigenvalue weighted by Crippen LogP contribution is 2.35. The molecule has 3 aromatic rings. The summed E-state index contributed by atoms with van der Waals surface area (Å²) in [4.78, 5) is 27.0. The molecule has 0 radical (unpaired) electrons. The van der Waals surface area contributed by atoms with Gasteiger partial charge < -0.3 is 14.2 Å². The number of carbonyl (C=O) groups excluding carboxylic acids is 2. The Morgan fingerprint density at radius 2 is 1.89 bits per heavy atom. The van der Waals surface area contributed by atoms with E-state index >= 15 is 0 Å². The zero-order chi connectivity index (χ0) is 25.4. The van der Waals surface area contributed by atoms with E-state index in [1.54, 1.807) is 30.3 Å². The molecule has 182 valence electrons. The molecule has 0 saturated carbocycles. The van der Waals surface area contributed by atoms with E-state index in [-0.39, 0.29) is 33.2 Å². The summed E-state index contributed by atoms with van der Waals surface area (Å²) in [6, 6.07) is 15.8. The second-order valence-electron chi connectivity index (χ2n) is 7.70. The van der Waals surface area contributed by atoms with Crippen LogP contribution in [0.25, 0.3) is 6.08 Å². The van der Waals surface area contributed by atoms with Crippen LogP contribution in [0, 0.1) is 3.57 Å². The molecule has 0 aliphatic carbocycles. The first kappa shape index (κ1) is 24.8. The summed E-state index contributed by atoms with van der Waals surface area (Å²) < 4.78 is 17.5. The number of carbonyl (C=O) groups is 2. The van der Waals surface area contributed by atoms with Crippen molar-refractivity contribution >= 4 is 86.7 Å². The van der Waals surface area contributed by atoms with Gasteiger partial charge in [-0.1, -0.05) is 41.4 Å². The number of ether oxygens (including phenoxy) is 3. The molecule has 36 heavy (non-hydrogen) atoms. The molecule has 0 unspecified atom stereocenters. The number of fused-ring (bicyclic) bond motifs is 1. The maximum absolute atomic E-state index is 13.3. The van der Waals surface area contributed by atoms with Gasteiger partial charge in [-0.3, -0.25) is 19.8 Å². The number of nitrogens with zero attached hydrogens (tertiary/aromatic N) is 1. The molecule has 0 atom stereocenters. The quantitative estimate of drug-likeness (QED) is 0.164. The minimum absolute atomic E-state index is 0.0758. The average molecular weight is 653 g/mol. The van der Waals surface area contributed by atoms with E-state index in [1.807, 2.05) is 24.3 Å². The van der Waals surface area contributed by atoms with Gasteiger partial charge in [0.1, 0.15) is 17.9 Å². The maximum atomic E-state index is 13.3. The first-order chi connectivity index (χ1) is 17.3. The Morgan fingerprint density at radius 1 is 1.08 bits per heavy atom. The lowest BCUT2D eigenvalue weighted by atomic mass is 10.1. The number of benzene rings is 3. The topological polar surface area (TPSA) is 77.1 Å². The molecule has 2 heterocycles. The van der Waals surface area contributed by atoms with E-state index < -0.39 is 11.8 Å². The molecular weight excluding hydrogens is 638 g/mol. The molecule has 1 fully saturated rings. The van der Waals surface area contributed by atoms with Crippen molar-refractivity contribution in [3.8, 4) is 17.2 Å². The molecular formula is C25H15Cl2IN2O5S. The van der Waals surface area contributed by atoms with Gasteiger partial charge >= 0.3 is 0 Å². The van der Waals surface area contributed by atoms with Gasteiger partial charge in [0.2, 0.25) is 6.79 Å². The van der Waals surface area contributed by atoms with E-state index in [9.17, 15) is 9.59 Å². The Balaban J connectivity index is 1.36.